The van der Waals surface area contributed by atoms with E-state index in [1.165, 1.54) is 6.08 Å². The maximum absolute atomic E-state index is 10.9. The molecule has 0 aromatic carbocycles. The van der Waals surface area contributed by atoms with Crippen molar-refractivity contribution in [2.24, 2.45) is 5.73 Å². The molecule has 0 aliphatic rings. The summed E-state index contributed by atoms with van der Waals surface area (Å²) >= 11 is 0. The van der Waals surface area contributed by atoms with Crippen LogP contribution in [0.1, 0.15) is 26.7 Å². The summed E-state index contributed by atoms with van der Waals surface area (Å²) in [5, 5.41) is 0. The Bertz CT molecular complexity index is 153. The number of nitrogens with two attached hydrogens (primary N) is 1. The van der Waals surface area contributed by atoms with Crippen molar-refractivity contribution in [3.63, 3.8) is 0 Å². The SMILES string of the molecule is CCCCOC(=O)C=CC(C)N. The van der Waals surface area contributed by atoms with Gasteiger partial charge in [0, 0.05) is 12.1 Å². The molecule has 3 nitrogen and oxygen atoms in total. The second-order valence-electron chi connectivity index (χ2n) is 2.74. The molecule has 0 amide bonds. The quantitative estimate of drug-likeness (QED) is 0.384. The molecule has 70 valence electrons. The van der Waals surface area contributed by atoms with Crippen LogP contribution in [0.3, 0.4) is 0 Å². The Morgan fingerprint density at radius 1 is 1.67 bits per heavy atom. The van der Waals surface area contributed by atoms with Crippen molar-refractivity contribution in [1.82, 2.24) is 0 Å². The molecule has 0 spiro atoms. The molecule has 2 N–H and O–H groups in total. The summed E-state index contributed by atoms with van der Waals surface area (Å²) in [6, 6.07) is -0.0938. The number of carbonyl (C=O) groups excluding carboxylic acids is 1. The van der Waals surface area contributed by atoms with Gasteiger partial charge in [0.1, 0.15) is 0 Å². The van der Waals surface area contributed by atoms with Crippen molar-refractivity contribution >= 4 is 5.97 Å². The molecule has 0 fully saturated rings. The molecule has 0 rings (SSSR count). The predicted octanol–water partition coefficient (Wildman–Crippen LogP) is 1.23. The number of carbonyl (C=O) groups is 1. The van der Waals surface area contributed by atoms with Gasteiger partial charge in [-0.3, -0.25) is 0 Å². The van der Waals surface area contributed by atoms with E-state index in [1.807, 2.05) is 6.92 Å². The van der Waals surface area contributed by atoms with Gasteiger partial charge in [-0.05, 0) is 13.3 Å². The van der Waals surface area contributed by atoms with Crippen LogP contribution in [-0.4, -0.2) is 18.6 Å². The van der Waals surface area contributed by atoms with Gasteiger partial charge in [-0.1, -0.05) is 19.4 Å². The van der Waals surface area contributed by atoms with Crippen molar-refractivity contribution in [2.45, 2.75) is 32.7 Å². The fraction of sp³-hybridized carbons (Fsp3) is 0.667. The Balaban J connectivity index is 3.46. The number of rotatable bonds is 5. The summed E-state index contributed by atoms with van der Waals surface area (Å²) in [7, 11) is 0. The van der Waals surface area contributed by atoms with Crippen molar-refractivity contribution in [3.05, 3.63) is 12.2 Å². The lowest BCUT2D eigenvalue weighted by Gasteiger charge is -1.99. The Morgan fingerprint density at radius 2 is 2.33 bits per heavy atom. The Hall–Kier alpha value is -0.830. The first kappa shape index (κ1) is 11.2. The average Bonchev–Trinajstić information content (AvgIpc) is 2.01. The standard InChI is InChI=1S/C9H17NO2/c1-3-4-7-12-9(11)6-5-8(2)10/h5-6,8H,3-4,7,10H2,1-2H3. The molecule has 3 heteroatoms. The van der Waals surface area contributed by atoms with E-state index >= 15 is 0 Å². The minimum atomic E-state index is -0.305. The zero-order valence-corrected chi connectivity index (χ0v) is 7.75. The van der Waals surface area contributed by atoms with E-state index in [-0.39, 0.29) is 12.0 Å². The molecule has 0 aromatic rings. The lowest BCUT2D eigenvalue weighted by molar-refractivity contribution is -0.137. The monoisotopic (exact) mass is 171 g/mol. The van der Waals surface area contributed by atoms with Crippen LogP contribution in [0.2, 0.25) is 0 Å². The van der Waals surface area contributed by atoms with E-state index in [2.05, 4.69) is 0 Å². The van der Waals surface area contributed by atoms with Crippen LogP contribution in [0, 0.1) is 0 Å². The van der Waals surface area contributed by atoms with Crippen molar-refractivity contribution < 1.29 is 9.53 Å². The zero-order valence-electron chi connectivity index (χ0n) is 7.75. The summed E-state index contributed by atoms with van der Waals surface area (Å²) in [5.74, 6) is -0.305. The number of ether oxygens (including phenoxy) is 1. The van der Waals surface area contributed by atoms with Crippen molar-refractivity contribution in [3.8, 4) is 0 Å². The first-order valence-corrected chi connectivity index (χ1v) is 4.27. The Kier molecular flexibility index (Phi) is 6.38. The van der Waals surface area contributed by atoms with Gasteiger partial charge in [-0.25, -0.2) is 4.79 Å². The predicted molar refractivity (Wildman–Crippen MR) is 48.7 cm³/mol. The van der Waals surface area contributed by atoms with E-state index in [9.17, 15) is 4.79 Å². The molecule has 0 bridgehead atoms. The van der Waals surface area contributed by atoms with Crippen LogP contribution in [-0.2, 0) is 9.53 Å². The van der Waals surface area contributed by atoms with Crippen LogP contribution in [0.15, 0.2) is 12.2 Å². The van der Waals surface area contributed by atoms with Gasteiger partial charge in [-0.2, -0.15) is 0 Å². The third-order valence-electron chi connectivity index (χ3n) is 1.28. The first-order valence-electron chi connectivity index (χ1n) is 4.27. The smallest absolute Gasteiger partial charge is 0.330 e. The molecule has 12 heavy (non-hydrogen) atoms. The fourth-order valence-electron chi connectivity index (χ4n) is 0.596. The van der Waals surface area contributed by atoms with Crippen molar-refractivity contribution in [2.75, 3.05) is 6.61 Å². The highest BCUT2D eigenvalue weighted by Crippen LogP contribution is 1.90. The summed E-state index contributed by atoms with van der Waals surface area (Å²) in [5.41, 5.74) is 5.40. The summed E-state index contributed by atoms with van der Waals surface area (Å²) in [4.78, 5) is 10.9. The summed E-state index contributed by atoms with van der Waals surface area (Å²) < 4.78 is 4.85. The molecule has 0 aromatic heterocycles. The van der Waals surface area contributed by atoms with E-state index in [1.54, 1.807) is 13.0 Å². The van der Waals surface area contributed by atoms with Crippen LogP contribution >= 0.6 is 0 Å². The lowest BCUT2D eigenvalue weighted by Crippen LogP contribution is -2.12. The third kappa shape index (κ3) is 7.28. The molecule has 0 saturated carbocycles. The first-order chi connectivity index (χ1) is 5.66. The average molecular weight is 171 g/mol. The number of hydrogen-bond donors (Lipinski definition) is 1. The zero-order chi connectivity index (χ0) is 9.40. The second-order valence-corrected chi connectivity index (χ2v) is 2.74. The van der Waals surface area contributed by atoms with Crippen LogP contribution in [0.25, 0.3) is 0 Å². The van der Waals surface area contributed by atoms with Crippen LogP contribution < -0.4 is 5.73 Å². The Labute approximate surface area is 73.6 Å². The van der Waals surface area contributed by atoms with E-state index in [4.69, 9.17) is 10.5 Å². The minimum Gasteiger partial charge on any atom is -0.463 e. The van der Waals surface area contributed by atoms with Gasteiger partial charge in [0.15, 0.2) is 0 Å². The van der Waals surface area contributed by atoms with Gasteiger partial charge >= 0.3 is 5.97 Å². The molecule has 0 heterocycles. The molecule has 1 unspecified atom stereocenters. The molecular weight excluding hydrogens is 154 g/mol. The van der Waals surface area contributed by atoms with E-state index in [0.717, 1.165) is 12.8 Å². The minimum absolute atomic E-state index is 0.0938. The molecule has 0 radical (unpaired) electrons. The summed E-state index contributed by atoms with van der Waals surface area (Å²) in [6.45, 7) is 4.35. The van der Waals surface area contributed by atoms with Gasteiger partial charge in [-0.15, -0.1) is 0 Å². The number of esters is 1. The molecule has 0 aliphatic heterocycles. The molecule has 1 atom stereocenters. The highest BCUT2D eigenvalue weighted by molar-refractivity contribution is 5.81. The maximum atomic E-state index is 10.9. The summed E-state index contributed by atoms with van der Waals surface area (Å²) in [6.07, 6.45) is 4.94. The number of unbranched alkanes of at least 4 members (excludes halogenated alkanes) is 1. The number of hydrogen-bond acceptors (Lipinski definition) is 3. The second kappa shape index (κ2) is 6.85. The van der Waals surface area contributed by atoms with E-state index in [0.29, 0.717) is 6.61 Å². The van der Waals surface area contributed by atoms with Gasteiger partial charge in [0.2, 0.25) is 0 Å². The van der Waals surface area contributed by atoms with Gasteiger partial charge in [0.05, 0.1) is 6.61 Å². The van der Waals surface area contributed by atoms with Gasteiger partial charge < -0.3 is 10.5 Å². The van der Waals surface area contributed by atoms with Crippen LogP contribution in [0.4, 0.5) is 0 Å². The highest BCUT2D eigenvalue weighted by atomic mass is 16.5. The van der Waals surface area contributed by atoms with Crippen LogP contribution in [0.5, 0.6) is 0 Å². The Morgan fingerprint density at radius 3 is 2.83 bits per heavy atom. The lowest BCUT2D eigenvalue weighted by atomic mass is 10.3. The normalized spacial score (nSPS) is 13.2. The molecule has 0 aliphatic carbocycles. The largest absolute Gasteiger partial charge is 0.463 e. The van der Waals surface area contributed by atoms with E-state index < -0.39 is 0 Å². The fourth-order valence-corrected chi connectivity index (χ4v) is 0.596. The maximum Gasteiger partial charge on any atom is 0.330 e. The highest BCUT2D eigenvalue weighted by Gasteiger charge is 1.95. The van der Waals surface area contributed by atoms with Crippen molar-refractivity contribution in [1.29, 1.82) is 0 Å². The molecule has 0 saturated heterocycles. The van der Waals surface area contributed by atoms with Gasteiger partial charge in [0.25, 0.3) is 0 Å². The topological polar surface area (TPSA) is 52.3 Å². The third-order valence-corrected chi connectivity index (χ3v) is 1.28. The molecular formula is C9H17NO2.